The third-order valence-electron chi connectivity index (χ3n) is 2.32. The first kappa shape index (κ1) is 18.2. The van der Waals surface area contributed by atoms with E-state index in [-0.39, 0.29) is 30.7 Å². The van der Waals surface area contributed by atoms with E-state index in [4.69, 9.17) is 5.73 Å². The summed E-state index contributed by atoms with van der Waals surface area (Å²) in [5.41, 5.74) is 7.10. The number of aromatic nitrogens is 2. The zero-order chi connectivity index (χ0) is 12.4. The van der Waals surface area contributed by atoms with Crippen molar-refractivity contribution in [1.82, 2.24) is 14.7 Å². The maximum absolute atomic E-state index is 11.3. The molecule has 2 rings (SSSR count). The summed E-state index contributed by atoms with van der Waals surface area (Å²) in [6.45, 7) is 2.04. The van der Waals surface area contributed by atoms with Crippen molar-refractivity contribution in [3.05, 3.63) is 34.7 Å². The van der Waals surface area contributed by atoms with Gasteiger partial charge in [0, 0.05) is 16.9 Å². The highest BCUT2D eigenvalue weighted by atomic mass is 79.9. The second-order valence-corrected chi connectivity index (χ2v) is 4.77. The van der Waals surface area contributed by atoms with Crippen molar-refractivity contribution in [2.24, 2.45) is 5.73 Å². The van der Waals surface area contributed by atoms with E-state index < -0.39 is 6.04 Å². The number of nitrogens with zero attached hydrogens (tertiary/aromatic N) is 2. The van der Waals surface area contributed by atoms with Crippen LogP contribution in [0.4, 0.5) is 0 Å². The van der Waals surface area contributed by atoms with Crippen molar-refractivity contribution >= 4 is 52.3 Å². The number of fused-ring (bicyclic) bond motifs is 1. The molecule has 2 aromatic rings. The first-order valence-electron chi connectivity index (χ1n) is 5.22. The largest absolute Gasteiger partial charge is 0.349 e. The van der Waals surface area contributed by atoms with Gasteiger partial charge in [-0.05, 0) is 35.0 Å². The lowest BCUT2D eigenvalue weighted by Crippen LogP contribution is -2.37. The number of carbonyl (C=O) groups is 1. The second-order valence-electron chi connectivity index (χ2n) is 3.85. The van der Waals surface area contributed by atoms with E-state index in [0.717, 1.165) is 15.8 Å². The minimum Gasteiger partial charge on any atom is -0.349 e. The highest BCUT2D eigenvalue weighted by Gasteiger charge is 2.08. The Bertz CT molecular complexity index is 559. The molecule has 0 radical (unpaired) electrons. The van der Waals surface area contributed by atoms with Gasteiger partial charge in [0.25, 0.3) is 0 Å². The predicted octanol–water partition coefficient (Wildman–Crippen LogP) is 1.90. The highest BCUT2D eigenvalue weighted by molar-refractivity contribution is 9.10. The summed E-state index contributed by atoms with van der Waals surface area (Å²) in [5.74, 6) is -0.178. The van der Waals surface area contributed by atoms with E-state index in [1.165, 1.54) is 0 Å². The van der Waals surface area contributed by atoms with Crippen molar-refractivity contribution in [3.8, 4) is 0 Å². The molecule has 0 saturated carbocycles. The van der Waals surface area contributed by atoms with Crippen molar-refractivity contribution in [1.29, 1.82) is 0 Å². The Morgan fingerprint density at radius 1 is 1.47 bits per heavy atom. The maximum atomic E-state index is 11.3. The van der Waals surface area contributed by atoms with E-state index in [1.807, 2.05) is 28.9 Å². The SMILES string of the molecule is C[C@@H](N)C(=O)NCc1cn2cc(Br)ccc2n1.Cl.Cl. The molecule has 0 saturated heterocycles. The summed E-state index contributed by atoms with van der Waals surface area (Å²) in [7, 11) is 0. The third-order valence-corrected chi connectivity index (χ3v) is 2.79. The highest BCUT2D eigenvalue weighted by Crippen LogP contribution is 2.12. The van der Waals surface area contributed by atoms with Crippen molar-refractivity contribution in [2.45, 2.75) is 19.5 Å². The van der Waals surface area contributed by atoms with Crippen LogP contribution in [0.2, 0.25) is 0 Å². The molecular formula is C11H15BrCl2N4O. The Kier molecular flexibility index (Phi) is 7.36. The van der Waals surface area contributed by atoms with E-state index in [2.05, 4.69) is 26.2 Å². The molecule has 0 aliphatic heterocycles. The zero-order valence-electron chi connectivity index (χ0n) is 10.2. The maximum Gasteiger partial charge on any atom is 0.236 e. The molecule has 0 fully saturated rings. The lowest BCUT2D eigenvalue weighted by Gasteiger charge is -2.04. The third kappa shape index (κ3) is 4.65. The molecule has 0 aliphatic carbocycles. The van der Waals surface area contributed by atoms with Gasteiger partial charge in [-0.3, -0.25) is 4.79 Å². The first-order chi connectivity index (χ1) is 8.06. The number of rotatable bonds is 3. The number of pyridine rings is 1. The van der Waals surface area contributed by atoms with Crippen LogP contribution < -0.4 is 11.1 Å². The van der Waals surface area contributed by atoms with Gasteiger partial charge in [-0.2, -0.15) is 0 Å². The number of halogens is 3. The number of nitrogens with two attached hydrogens (primary N) is 1. The van der Waals surface area contributed by atoms with Crippen LogP contribution in [0.3, 0.4) is 0 Å². The van der Waals surface area contributed by atoms with E-state index in [9.17, 15) is 4.79 Å². The van der Waals surface area contributed by atoms with Crippen molar-refractivity contribution in [3.63, 3.8) is 0 Å². The lowest BCUT2D eigenvalue weighted by molar-refractivity contribution is -0.122. The minimum atomic E-state index is -0.499. The summed E-state index contributed by atoms with van der Waals surface area (Å²) < 4.78 is 2.88. The van der Waals surface area contributed by atoms with Gasteiger partial charge in [0.05, 0.1) is 18.3 Å². The summed E-state index contributed by atoms with van der Waals surface area (Å²) in [4.78, 5) is 15.7. The smallest absolute Gasteiger partial charge is 0.236 e. The van der Waals surface area contributed by atoms with E-state index in [0.29, 0.717) is 6.54 Å². The van der Waals surface area contributed by atoms with Gasteiger partial charge in [-0.15, -0.1) is 24.8 Å². The topological polar surface area (TPSA) is 72.4 Å². The van der Waals surface area contributed by atoms with Gasteiger partial charge < -0.3 is 15.5 Å². The van der Waals surface area contributed by atoms with Gasteiger partial charge in [0.15, 0.2) is 0 Å². The van der Waals surface area contributed by atoms with E-state index >= 15 is 0 Å². The Labute approximate surface area is 131 Å². The second kappa shape index (κ2) is 7.69. The van der Waals surface area contributed by atoms with E-state index in [1.54, 1.807) is 6.92 Å². The number of imidazole rings is 1. The van der Waals surface area contributed by atoms with Crippen LogP contribution in [0, 0.1) is 0 Å². The quantitative estimate of drug-likeness (QED) is 0.867. The number of carbonyl (C=O) groups excluding carboxylic acids is 1. The average Bonchev–Trinajstić information content (AvgIpc) is 2.67. The molecule has 0 aromatic carbocycles. The molecule has 0 unspecified atom stereocenters. The first-order valence-corrected chi connectivity index (χ1v) is 6.02. The van der Waals surface area contributed by atoms with Gasteiger partial charge in [0.1, 0.15) is 5.65 Å². The fourth-order valence-corrected chi connectivity index (χ4v) is 1.79. The predicted molar refractivity (Wildman–Crippen MR) is 82.9 cm³/mol. The molecule has 0 bridgehead atoms. The number of amides is 1. The minimum absolute atomic E-state index is 0. The van der Waals surface area contributed by atoms with Crippen LogP contribution in [-0.4, -0.2) is 21.3 Å². The Hall–Kier alpha value is -0.820. The fourth-order valence-electron chi connectivity index (χ4n) is 1.44. The monoisotopic (exact) mass is 368 g/mol. The zero-order valence-corrected chi connectivity index (χ0v) is 13.4. The van der Waals surface area contributed by atoms with Crippen LogP contribution in [0.5, 0.6) is 0 Å². The van der Waals surface area contributed by atoms with Gasteiger partial charge in [-0.1, -0.05) is 0 Å². The number of hydrogen-bond donors (Lipinski definition) is 2. The van der Waals surface area contributed by atoms with Gasteiger partial charge in [-0.25, -0.2) is 4.98 Å². The molecule has 0 aliphatic rings. The molecule has 19 heavy (non-hydrogen) atoms. The van der Waals surface area contributed by atoms with Gasteiger partial charge in [0.2, 0.25) is 5.91 Å². The molecule has 106 valence electrons. The molecule has 0 spiro atoms. The Balaban J connectivity index is 0.00000162. The fraction of sp³-hybridized carbons (Fsp3) is 0.273. The summed E-state index contributed by atoms with van der Waals surface area (Å²) in [6.07, 6.45) is 3.79. The summed E-state index contributed by atoms with van der Waals surface area (Å²) >= 11 is 3.39. The van der Waals surface area contributed by atoms with Gasteiger partial charge >= 0.3 is 0 Å². The van der Waals surface area contributed by atoms with Crippen LogP contribution in [0.15, 0.2) is 29.0 Å². The molecule has 2 aromatic heterocycles. The van der Waals surface area contributed by atoms with Crippen molar-refractivity contribution in [2.75, 3.05) is 0 Å². The Morgan fingerprint density at radius 3 is 2.79 bits per heavy atom. The van der Waals surface area contributed by atoms with Crippen molar-refractivity contribution < 1.29 is 4.79 Å². The molecule has 2 heterocycles. The van der Waals surface area contributed by atoms with Crippen LogP contribution in [0.1, 0.15) is 12.6 Å². The number of hydrogen-bond acceptors (Lipinski definition) is 3. The summed E-state index contributed by atoms with van der Waals surface area (Å²) in [6, 6.07) is 3.33. The lowest BCUT2D eigenvalue weighted by atomic mass is 10.3. The van der Waals surface area contributed by atoms with Crippen LogP contribution in [-0.2, 0) is 11.3 Å². The molecule has 5 nitrogen and oxygen atoms in total. The average molecular weight is 370 g/mol. The Morgan fingerprint density at radius 2 is 2.16 bits per heavy atom. The molecule has 3 N–H and O–H groups in total. The molecule has 1 amide bonds. The molecular weight excluding hydrogens is 355 g/mol. The van der Waals surface area contributed by atoms with Crippen LogP contribution in [0.25, 0.3) is 5.65 Å². The standard InChI is InChI=1S/C11H13BrN4O.2ClH/c1-7(13)11(17)14-4-9-6-16-5-8(12)2-3-10(16)15-9;;/h2-3,5-7H,4,13H2,1H3,(H,14,17);2*1H/t7-;;/m1../s1. The summed E-state index contributed by atoms with van der Waals surface area (Å²) in [5, 5.41) is 2.72. The normalized spacial score (nSPS) is 11.3. The van der Waals surface area contributed by atoms with Crippen LogP contribution >= 0.6 is 40.7 Å². The number of nitrogens with one attached hydrogen (secondary N) is 1. The molecule has 8 heteroatoms. The molecule has 1 atom stereocenters.